The summed E-state index contributed by atoms with van der Waals surface area (Å²) in [6.45, 7) is 9.28. The predicted octanol–water partition coefficient (Wildman–Crippen LogP) is 4.74. The van der Waals surface area contributed by atoms with Gasteiger partial charge in [0.2, 0.25) is 0 Å². The molecule has 0 amide bonds. The van der Waals surface area contributed by atoms with E-state index < -0.39 is 0 Å². The molecule has 1 N–H and O–H groups in total. The maximum atomic E-state index is 13.4. The zero-order valence-corrected chi connectivity index (χ0v) is 19.4. The maximum Gasteiger partial charge on any atom is 0.257 e. The summed E-state index contributed by atoms with van der Waals surface area (Å²) in [4.78, 5) is 18.2. The Labute approximate surface area is 181 Å². The van der Waals surface area contributed by atoms with Crippen LogP contribution in [0.25, 0.3) is 0 Å². The average molecular weight is 415 g/mol. The van der Waals surface area contributed by atoms with Crippen LogP contribution in [0.1, 0.15) is 80.2 Å². The molecule has 1 aromatic heterocycles. The highest BCUT2D eigenvalue weighted by Crippen LogP contribution is 2.28. The topological polar surface area (TPSA) is 64.4 Å². The van der Waals surface area contributed by atoms with Gasteiger partial charge in [-0.15, -0.1) is 0 Å². The van der Waals surface area contributed by atoms with E-state index in [-0.39, 0.29) is 5.56 Å². The first-order valence-corrected chi connectivity index (χ1v) is 11.4. The van der Waals surface area contributed by atoms with Gasteiger partial charge in [0.15, 0.2) is 0 Å². The summed E-state index contributed by atoms with van der Waals surface area (Å²) in [5, 5.41) is 10.7. The largest absolute Gasteiger partial charge is 0.507 e. The molecule has 0 atom stereocenters. The molecule has 0 saturated heterocycles. The van der Waals surface area contributed by atoms with Gasteiger partial charge in [0.05, 0.1) is 18.8 Å². The van der Waals surface area contributed by atoms with Gasteiger partial charge in [0.25, 0.3) is 5.56 Å². The molecule has 30 heavy (non-hydrogen) atoms. The van der Waals surface area contributed by atoms with Gasteiger partial charge in [0.1, 0.15) is 11.6 Å². The van der Waals surface area contributed by atoms with Crippen LogP contribution in [0, 0.1) is 6.92 Å². The molecule has 0 radical (unpaired) electrons. The zero-order valence-electron chi connectivity index (χ0n) is 19.4. The predicted molar refractivity (Wildman–Crippen MR) is 123 cm³/mol. The van der Waals surface area contributed by atoms with E-state index in [4.69, 9.17) is 9.72 Å². The minimum absolute atomic E-state index is 0.0350. The smallest absolute Gasteiger partial charge is 0.257 e. The molecule has 0 aliphatic rings. The van der Waals surface area contributed by atoms with E-state index in [1.807, 2.05) is 6.92 Å². The number of rotatable bonds is 12. The normalized spacial score (nSPS) is 11.2. The molecule has 0 aliphatic heterocycles. The third-order valence-electron chi connectivity index (χ3n) is 5.57. The minimum atomic E-state index is 0.0350. The molecular formula is C25H38N2O3. The second-order valence-electron chi connectivity index (χ2n) is 8.08. The first-order valence-electron chi connectivity index (χ1n) is 11.4. The van der Waals surface area contributed by atoms with Gasteiger partial charge in [-0.1, -0.05) is 52.2 Å². The Kier molecular flexibility index (Phi) is 9.57. The van der Waals surface area contributed by atoms with Crippen molar-refractivity contribution in [3.05, 3.63) is 56.3 Å². The summed E-state index contributed by atoms with van der Waals surface area (Å²) in [7, 11) is 1.64. The van der Waals surface area contributed by atoms with Crippen molar-refractivity contribution >= 4 is 0 Å². The van der Waals surface area contributed by atoms with Crippen molar-refractivity contribution in [2.75, 3.05) is 13.7 Å². The van der Waals surface area contributed by atoms with Crippen LogP contribution in [0.5, 0.6) is 5.75 Å². The summed E-state index contributed by atoms with van der Waals surface area (Å²) in [5.74, 6) is 1.17. The number of nitrogens with zero attached hydrogens (tertiary/aromatic N) is 2. The summed E-state index contributed by atoms with van der Waals surface area (Å²) >= 11 is 0. The van der Waals surface area contributed by atoms with Crippen molar-refractivity contribution in [3.8, 4) is 5.75 Å². The molecule has 5 nitrogen and oxygen atoms in total. The number of methoxy groups -OCH3 is 1. The van der Waals surface area contributed by atoms with E-state index in [0.29, 0.717) is 25.3 Å². The van der Waals surface area contributed by atoms with E-state index in [1.54, 1.807) is 11.7 Å². The number of unbranched alkanes of at least 4 members (excludes halogenated alkanes) is 1. The fourth-order valence-corrected chi connectivity index (χ4v) is 3.99. The first kappa shape index (κ1) is 24.1. The fraction of sp³-hybridized carbons (Fsp3) is 0.600. The Balaban J connectivity index is 2.55. The third kappa shape index (κ3) is 5.94. The molecule has 0 aliphatic carbocycles. The van der Waals surface area contributed by atoms with Gasteiger partial charge in [-0.2, -0.15) is 0 Å². The third-order valence-corrected chi connectivity index (χ3v) is 5.57. The molecule has 1 heterocycles. The lowest BCUT2D eigenvalue weighted by Gasteiger charge is -2.17. The van der Waals surface area contributed by atoms with Gasteiger partial charge in [-0.3, -0.25) is 9.36 Å². The summed E-state index contributed by atoms with van der Waals surface area (Å²) in [5.41, 5.74) is 4.77. The van der Waals surface area contributed by atoms with Gasteiger partial charge in [-0.25, -0.2) is 4.98 Å². The summed E-state index contributed by atoms with van der Waals surface area (Å²) in [6.07, 6.45) is 7.06. The van der Waals surface area contributed by atoms with Crippen LogP contribution in [0.4, 0.5) is 0 Å². The molecular weight excluding hydrogens is 376 g/mol. The molecule has 0 bridgehead atoms. The van der Waals surface area contributed by atoms with Crippen molar-refractivity contribution in [2.24, 2.45) is 0 Å². The van der Waals surface area contributed by atoms with Crippen molar-refractivity contribution in [1.29, 1.82) is 0 Å². The van der Waals surface area contributed by atoms with E-state index in [2.05, 4.69) is 32.9 Å². The Bertz CT molecular complexity index is 860. The van der Waals surface area contributed by atoms with Crippen LogP contribution in [-0.4, -0.2) is 28.4 Å². The molecule has 166 valence electrons. The standard InChI is InChI=1S/C25H38N2O3/c1-6-9-12-23-22(25(29)27(13-14-30-5)18(4)26-23)17-19-15-20(10-7-2)24(28)21(16-19)11-8-3/h15-16,28H,6-14,17H2,1-5H3. The van der Waals surface area contributed by atoms with Gasteiger partial charge in [0, 0.05) is 19.1 Å². The Morgan fingerprint density at radius 1 is 1.03 bits per heavy atom. The van der Waals surface area contributed by atoms with Crippen LogP contribution in [-0.2, 0) is 37.0 Å². The summed E-state index contributed by atoms with van der Waals surface area (Å²) in [6, 6.07) is 4.14. The highest BCUT2D eigenvalue weighted by atomic mass is 16.5. The van der Waals surface area contributed by atoms with E-state index in [1.165, 1.54) is 0 Å². The van der Waals surface area contributed by atoms with E-state index in [9.17, 15) is 9.90 Å². The second kappa shape index (κ2) is 11.9. The van der Waals surface area contributed by atoms with Crippen LogP contribution in [0.15, 0.2) is 16.9 Å². The molecule has 2 rings (SSSR count). The molecule has 5 heteroatoms. The van der Waals surface area contributed by atoms with Crippen molar-refractivity contribution < 1.29 is 9.84 Å². The highest BCUT2D eigenvalue weighted by molar-refractivity contribution is 5.45. The van der Waals surface area contributed by atoms with E-state index in [0.717, 1.165) is 78.7 Å². The minimum Gasteiger partial charge on any atom is -0.507 e. The molecule has 2 aromatic rings. The van der Waals surface area contributed by atoms with Crippen molar-refractivity contribution in [1.82, 2.24) is 9.55 Å². The zero-order chi connectivity index (χ0) is 22.1. The SMILES string of the molecule is CCCCc1nc(C)n(CCOC)c(=O)c1Cc1cc(CCC)c(O)c(CCC)c1. The number of aromatic nitrogens is 2. The van der Waals surface area contributed by atoms with Gasteiger partial charge < -0.3 is 9.84 Å². The molecule has 1 aromatic carbocycles. The molecule has 0 saturated carbocycles. The molecule has 0 spiro atoms. The van der Waals surface area contributed by atoms with Crippen LogP contribution in [0.2, 0.25) is 0 Å². The fourth-order valence-electron chi connectivity index (χ4n) is 3.99. The van der Waals surface area contributed by atoms with Gasteiger partial charge >= 0.3 is 0 Å². The van der Waals surface area contributed by atoms with Gasteiger partial charge in [-0.05, 0) is 49.3 Å². The van der Waals surface area contributed by atoms with Crippen LogP contribution < -0.4 is 5.56 Å². The Morgan fingerprint density at radius 2 is 1.67 bits per heavy atom. The maximum absolute atomic E-state index is 13.4. The highest BCUT2D eigenvalue weighted by Gasteiger charge is 2.17. The number of aromatic hydroxyl groups is 1. The monoisotopic (exact) mass is 414 g/mol. The van der Waals surface area contributed by atoms with Crippen LogP contribution in [0.3, 0.4) is 0 Å². The number of hydrogen-bond acceptors (Lipinski definition) is 4. The van der Waals surface area contributed by atoms with Crippen molar-refractivity contribution in [3.63, 3.8) is 0 Å². The number of ether oxygens (including phenoxy) is 1. The van der Waals surface area contributed by atoms with Crippen molar-refractivity contribution in [2.45, 2.75) is 85.6 Å². The lowest BCUT2D eigenvalue weighted by molar-refractivity contribution is 0.185. The number of hydrogen-bond donors (Lipinski definition) is 1. The summed E-state index contributed by atoms with van der Waals surface area (Å²) < 4.78 is 6.92. The molecule has 0 fully saturated rings. The quantitative estimate of drug-likeness (QED) is 0.545. The number of aryl methyl sites for hydroxylation is 4. The first-order chi connectivity index (χ1) is 14.5. The molecule has 0 unspecified atom stereocenters. The Morgan fingerprint density at radius 3 is 2.20 bits per heavy atom. The number of benzene rings is 1. The number of phenols is 1. The van der Waals surface area contributed by atoms with E-state index >= 15 is 0 Å². The lowest BCUT2D eigenvalue weighted by Crippen LogP contribution is -2.30. The lowest BCUT2D eigenvalue weighted by atomic mass is 9.94. The second-order valence-corrected chi connectivity index (χ2v) is 8.08. The van der Waals surface area contributed by atoms with Crippen LogP contribution >= 0.6 is 0 Å². The average Bonchev–Trinajstić information content (AvgIpc) is 2.72. The Hall–Kier alpha value is -2.14. The number of phenolic OH excluding ortho intramolecular Hbond substituents is 1.